The van der Waals surface area contributed by atoms with Gasteiger partial charge >= 0.3 is 5.97 Å². The van der Waals surface area contributed by atoms with Crippen molar-refractivity contribution in [1.29, 1.82) is 0 Å². The van der Waals surface area contributed by atoms with Gasteiger partial charge in [0.25, 0.3) is 5.56 Å². The molecular formula is C18H20N4O5S. The molecule has 0 unspecified atom stereocenters. The van der Waals surface area contributed by atoms with Gasteiger partial charge < -0.3 is 4.74 Å². The van der Waals surface area contributed by atoms with Crippen molar-refractivity contribution < 1.29 is 19.1 Å². The number of carbonyl (C=O) groups excluding carboxylic acids is 3. The van der Waals surface area contributed by atoms with Gasteiger partial charge in [-0.3, -0.25) is 24.1 Å². The second kappa shape index (κ2) is 7.42. The molecule has 3 heterocycles. The predicted molar refractivity (Wildman–Crippen MR) is 98.5 cm³/mol. The van der Waals surface area contributed by atoms with Gasteiger partial charge in [-0.2, -0.15) is 9.61 Å². The molecule has 148 valence electrons. The summed E-state index contributed by atoms with van der Waals surface area (Å²) < 4.78 is 6.39. The lowest BCUT2D eigenvalue weighted by atomic mass is 9.81. The predicted octanol–water partition coefficient (Wildman–Crippen LogP) is 0.932. The van der Waals surface area contributed by atoms with Gasteiger partial charge in [0.05, 0.1) is 17.5 Å². The molecule has 2 amide bonds. The molecule has 9 nitrogen and oxygen atoms in total. The third-order valence-corrected chi connectivity index (χ3v) is 6.30. The molecule has 0 radical (unpaired) electrons. The molecular weight excluding hydrogens is 384 g/mol. The standard InChI is InChI=1S/C18H20N4O5S/c1-2-13-20-22-14(23)7-10(19-18(22)28-13)9-27-15(24)8-21-16(25)11-5-3-4-6-12(11)17(21)26/h7,11-12H,2-6,8-9H2,1H3/t11-,12-/m0/s1. The average molecular weight is 404 g/mol. The summed E-state index contributed by atoms with van der Waals surface area (Å²) in [5.74, 6) is -1.84. The van der Waals surface area contributed by atoms with Crippen LogP contribution in [0.5, 0.6) is 0 Å². The van der Waals surface area contributed by atoms with Crippen molar-refractivity contribution in [3.05, 3.63) is 27.1 Å². The lowest BCUT2D eigenvalue weighted by Gasteiger charge is -2.19. The third kappa shape index (κ3) is 3.32. The summed E-state index contributed by atoms with van der Waals surface area (Å²) >= 11 is 1.30. The minimum Gasteiger partial charge on any atom is -0.458 e. The number of amides is 2. The Morgan fingerprint density at radius 3 is 2.54 bits per heavy atom. The largest absolute Gasteiger partial charge is 0.458 e. The van der Waals surface area contributed by atoms with E-state index in [2.05, 4.69) is 10.1 Å². The fraction of sp³-hybridized carbons (Fsp3) is 0.556. The number of carbonyl (C=O) groups is 3. The van der Waals surface area contributed by atoms with Crippen molar-refractivity contribution in [3.8, 4) is 0 Å². The van der Waals surface area contributed by atoms with E-state index >= 15 is 0 Å². The van der Waals surface area contributed by atoms with Crippen molar-refractivity contribution in [2.24, 2.45) is 11.8 Å². The summed E-state index contributed by atoms with van der Waals surface area (Å²) in [6.07, 6.45) is 3.95. The van der Waals surface area contributed by atoms with Crippen LogP contribution in [0.1, 0.15) is 43.3 Å². The fourth-order valence-corrected chi connectivity index (χ4v) is 4.69. The van der Waals surface area contributed by atoms with Gasteiger partial charge in [0, 0.05) is 6.07 Å². The van der Waals surface area contributed by atoms with Gasteiger partial charge in [-0.25, -0.2) is 4.98 Å². The first kappa shape index (κ1) is 18.7. The Morgan fingerprint density at radius 1 is 1.21 bits per heavy atom. The van der Waals surface area contributed by atoms with Crippen LogP contribution in [0, 0.1) is 11.8 Å². The van der Waals surface area contributed by atoms with E-state index in [-0.39, 0.29) is 35.8 Å². The fourth-order valence-electron chi connectivity index (χ4n) is 3.83. The Bertz CT molecular complexity index is 989. The number of rotatable bonds is 5. The molecule has 4 rings (SSSR count). The van der Waals surface area contributed by atoms with E-state index < -0.39 is 12.5 Å². The molecule has 10 heteroatoms. The molecule has 0 N–H and O–H groups in total. The number of ether oxygens (including phenoxy) is 1. The first-order valence-corrected chi connectivity index (χ1v) is 10.2. The summed E-state index contributed by atoms with van der Waals surface area (Å²) in [5.41, 5.74) is -0.0432. The molecule has 2 aromatic rings. The monoisotopic (exact) mass is 404 g/mol. The second-order valence-electron chi connectivity index (χ2n) is 7.05. The first-order chi connectivity index (χ1) is 13.5. The summed E-state index contributed by atoms with van der Waals surface area (Å²) in [7, 11) is 0. The van der Waals surface area contributed by atoms with E-state index in [1.807, 2.05) is 6.92 Å². The highest BCUT2D eigenvalue weighted by molar-refractivity contribution is 7.16. The molecule has 1 aliphatic heterocycles. The van der Waals surface area contributed by atoms with Crippen LogP contribution in [-0.2, 0) is 32.1 Å². The first-order valence-electron chi connectivity index (χ1n) is 9.37. The van der Waals surface area contributed by atoms with Gasteiger partial charge in [-0.1, -0.05) is 31.1 Å². The molecule has 1 saturated carbocycles. The molecule has 2 aliphatic rings. The molecule has 0 aromatic carbocycles. The van der Waals surface area contributed by atoms with Crippen LogP contribution in [0.3, 0.4) is 0 Å². The highest BCUT2D eigenvalue weighted by Crippen LogP contribution is 2.37. The Kier molecular flexibility index (Phi) is 4.96. The van der Waals surface area contributed by atoms with Crippen LogP contribution >= 0.6 is 11.3 Å². The number of aromatic nitrogens is 3. The topological polar surface area (TPSA) is 111 Å². The summed E-state index contributed by atoms with van der Waals surface area (Å²) in [6.45, 7) is 1.34. The zero-order chi connectivity index (χ0) is 19.8. The van der Waals surface area contributed by atoms with Crippen LogP contribution in [0.4, 0.5) is 0 Å². The quantitative estimate of drug-likeness (QED) is 0.538. The minimum atomic E-state index is -0.694. The number of likely N-dealkylation sites (tertiary alicyclic amines) is 1. The summed E-state index contributed by atoms with van der Waals surface area (Å²) in [6, 6.07) is 1.26. The molecule has 0 spiro atoms. The minimum absolute atomic E-state index is 0.201. The lowest BCUT2D eigenvalue weighted by Crippen LogP contribution is -2.36. The molecule has 0 bridgehead atoms. The Morgan fingerprint density at radius 2 is 1.89 bits per heavy atom. The van der Waals surface area contributed by atoms with Crippen LogP contribution in [0.25, 0.3) is 4.96 Å². The van der Waals surface area contributed by atoms with Gasteiger partial charge in [-0.15, -0.1) is 0 Å². The number of esters is 1. The number of nitrogens with zero attached hydrogens (tertiary/aromatic N) is 4. The molecule has 28 heavy (non-hydrogen) atoms. The third-order valence-electron chi connectivity index (χ3n) is 5.24. The number of hydrogen-bond donors (Lipinski definition) is 0. The maximum Gasteiger partial charge on any atom is 0.326 e. The average Bonchev–Trinajstić information content (AvgIpc) is 3.22. The molecule has 1 aliphatic carbocycles. The van der Waals surface area contributed by atoms with Gasteiger partial charge in [-0.05, 0) is 19.3 Å². The smallest absolute Gasteiger partial charge is 0.326 e. The van der Waals surface area contributed by atoms with E-state index in [1.165, 1.54) is 21.9 Å². The maximum absolute atomic E-state index is 12.4. The van der Waals surface area contributed by atoms with E-state index in [1.54, 1.807) is 0 Å². The normalized spacial score (nSPS) is 22.0. The number of fused-ring (bicyclic) bond motifs is 2. The zero-order valence-electron chi connectivity index (χ0n) is 15.4. The molecule has 2 fully saturated rings. The van der Waals surface area contributed by atoms with E-state index in [0.29, 0.717) is 29.9 Å². The van der Waals surface area contributed by atoms with Crippen molar-refractivity contribution in [2.75, 3.05) is 6.54 Å². The Labute approximate surface area is 164 Å². The number of imide groups is 1. The zero-order valence-corrected chi connectivity index (χ0v) is 16.2. The van der Waals surface area contributed by atoms with Gasteiger partial charge in [0.1, 0.15) is 18.2 Å². The number of aryl methyl sites for hydroxylation is 1. The van der Waals surface area contributed by atoms with Crippen LogP contribution in [-0.4, -0.2) is 43.8 Å². The Hall–Kier alpha value is -2.62. The van der Waals surface area contributed by atoms with E-state index in [4.69, 9.17) is 4.74 Å². The van der Waals surface area contributed by atoms with Crippen molar-refractivity contribution in [2.45, 2.75) is 45.6 Å². The van der Waals surface area contributed by atoms with E-state index in [0.717, 1.165) is 22.7 Å². The lowest BCUT2D eigenvalue weighted by molar-refractivity contribution is -0.153. The van der Waals surface area contributed by atoms with Crippen molar-refractivity contribution in [3.63, 3.8) is 0 Å². The summed E-state index contributed by atoms with van der Waals surface area (Å²) in [5, 5.41) is 4.94. The van der Waals surface area contributed by atoms with Crippen LogP contribution < -0.4 is 5.56 Å². The highest BCUT2D eigenvalue weighted by atomic mass is 32.1. The number of hydrogen-bond acceptors (Lipinski definition) is 8. The molecule has 2 atom stereocenters. The molecule has 1 saturated heterocycles. The van der Waals surface area contributed by atoms with Gasteiger partial charge in [0.15, 0.2) is 0 Å². The van der Waals surface area contributed by atoms with Crippen LogP contribution in [0.15, 0.2) is 10.9 Å². The summed E-state index contributed by atoms with van der Waals surface area (Å²) in [4.78, 5) is 54.9. The Balaban J connectivity index is 1.41. The maximum atomic E-state index is 12.4. The second-order valence-corrected chi connectivity index (χ2v) is 8.09. The SMILES string of the molecule is CCc1nn2c(=O)cc(COC(=O)CN3C(=O)[C@H]4CCCC[C@@H]4C3=O)nc2s1. The van der Waals surface area contributed by atoms with Crippen molar-refractivity contribution in [1.82, 2.24) is 19.5 Å². The van der Waals surface area contributed by atoms with E-state index in [9.17, 15) is 19.2 Å². The highest BCUT2D eigenvalue weighted by Gasteiger charge is 2.48. The molecule has 2 aromatic heterocycles. The van der Waals surface area contributed by atoms with Crippen LogP contribution in [0.2, 0.25) is 0 Å². The van der Waals surface area contributed by atoms with Crippen molar-refractivity contribution >= 4 is 34.1 Å². The van der Waals surface area contributed by atoms with Gasteiger partial charge in [0.2, 0.25) is 16.8 Å².